The first-order valence-electron chi connectivity index (χ1n) is 12.6. The van der Waals surface area contributed by atoms with E-state index in [1.807, 2.05) is 31.2 Å². The molecule has 0 spiro atoms. The van der Waals surface area contributed by atoms with Crippen molar-refractivity contribution in [1.29, 1.82) is 0 Å². The number of anilines is 1. The fraction of sp³-hybridized carbons (Fsp3) is 0.464. The van der Waals surface area contributed by atoms with Gasteiger partial charge < -0.3 is 19.7 Å². The summed E-state index contributed by atoms with van der Waals surface area (Å²) in [6.07, 6.45) is 2.73. The number of amides is 3. The third kappa shape index (κ3) is 4.13. The van der Waals surface area contributed by atoms with Gasteiger partial charge in [0.05, 0.1) is 18.4 Å². The Kier molecular flexibility index (Phi) is 6.47. The van der Waals surface area contributed by atoms with Crippen molar-refractivity contribution in [3.05, 3.63) is 59.7 Å². The van der Waals surface area contributed by atoms with Crippen molar-refractivity contribution >= 4 is 23.4 Å². The minimum Gasteiger partial charge on any atom is -0.497 e. The Balaban J connectivity index is 1.28. The van der Waals surface area contributed by atoms with Crippen molar-refractivity contribution in [1.82, 2.24) is 10.2 Å². The molecule has 0 aliphatic carbocycles. The maximum absolute atomic E-state index is 13.4. The molecule has 1 N–H and O–H groups in total. The van der Waals surface area contributed by atoms with Crippen LogP contribution >= 0.6 is 0 Å². The minimum atomic E-state index is -0.756. The highest BCUT2D eigenvalue weighted by Gasteiger charge is 2.52. The molecule has 2 aromatic carbocycles. The van der Waals surface area contributed by atoms with E-state index in [9.17, 15) is 14.4 Å². The molecule has 0 saturated carbocycles. The van der Waals surface area contributed by atoms with Crippen LogP contribution in [0, 0.1) is 0 Å². The van der Waals surface area contributed by atoms with E-state index in [0.717, 1.165) is 24.2 Å². The zero-order valence-electron chi connectivity index (χ0n) is 20.9. The average Bonchev–Trinajstić information content (AvgIpc) is 3.22. The zero-order valence-corrected chi connectivity index (χ0v) is 20.9. The highest BCUT2D eigenvalue weighted by molar-refractivity contribution is 6.10. The molecule has 2 saturated heterocycles. The number of benzene rings is 2. The van der Waals surface area contributed by atoms with E-state index in [4.69, 9.17) is 9.47 Å². The van der Waals surface area contributed by atoms with Crippen LogP contribution in [0.4, 0.5) is 5.69 Å². The van der Waals surface area contributed by atoms with E-state index in [1.54, 1.807) is 29.0 Å². The molecule has 0 bridgehead atoms. The summed E-state index contributed by atoms with van der Waals surface area (Å²) >= 11 is 0. The predicted molar refractivity (Wildman–Crippen MR) is 135 cm³/mol. The summed E-state index contributed by atoms with van der Waals surface area (Å²) in [6.45, 7) is 3.96. The zero-order chi connectivity index (χ0) is 25.3. The Labute approximate surface area is 211 Å². The topological polar surface area (TPSA) is 88.2 Å². The van der Waals surface area contributed by atoms with Crippen molar-refractivity contribution in [2.45, 2.75) is 50.1 Å². The van der Waals surface area contributed by atoms with Crippen molar-refractivity contribution in [3.63, 3.8) is 0 Å². The monoisotopic (exact) mass is 491 g/mol. The lowest BCUT2D eigenvalue weighted by Gasteiger charge is -2.48. The molecule has 1 unspecified atom stereocenters. The fourth-order valence-electron chi connectivity index (χ4n) is 5.89. The number of nitrogens with one attached hydrogen (secondary N) is 1. The molecule has 0 radical (unpaired) electrons. The normalized spacial score (nSPS) is 22.7. The van der Waals surface area contributed by atoms with E-state index in [0.29, 0.717) is 43.9 Å². The Morgan fingerprint density at radius 2 is 1.78 bits per heavy atom. The Morgan fingerprint density at radius 1 is 1.06 bits per heavy atom. The van der Waals surface area contributed by atoms with Crippen molar-refractivity contribution in [3.8, 4) is 5.75 Å². The smallest absolute Gasteiger partial charge is 0.257 e. The van der Waals surface area contributed by atoms with Crippen LogP contribution in [0.5, 0.6) is 5.75 Å². The van der Waals surface area contributed by atoms with Crippen LogP contribution in [0.15, 0.2) is 48.5 Å². The lowest BCUT2D eigenvalue weighted by Crippen LogP contribution is -2.62. The molecule has 3 aliphatic heterocycles. The van der Waals surface area contributed by atoms with Gasteiger partial charge in [-0.3, -0.25) is 19.3 Å². The molecule has 3 amide bonds. The van der Waals surface area contributed by atoms with Gasteiger partial charge >= 0.3 is 0 Å². The summed E-state index contributed by atoms with van der Waals surface area (Å²) in [5.41, 5.74) is 1.36. The quantitative estimate of drug-likeness (QED) is 0.643. The number of hydrogen-bond donors (Lipinski definition) is 1. The number of rotatable bonds is 7. The Bertz CT molecular complexity index is 1160. The number of fused-ring (bicyclic) bond motifs is 3. The van der Waals surface area contributed by atoms with Gasteiger partial charge in [0, 0.05) is 44.6 Å². The first-order valence-corrected chi connectivity index (χ1v) is 12.6. The standard InChI is InChI=1S/C28H33N3O5/c1-27-13-11-25(33)31(27)23-6-4-3-5-22(23)26(34)30(27)16-12-24(32)29-19-28(14-17-36-18-15-28)20-7-9-21(35-2)10-8-20/h3-10H,11-19H2,1-2H3,(H,29,32). The number of nitrogens with zero attached hydrogens (tertiary/aromatic N) is 2. The molecular formula is C28H33N3O5. The average molecular weight is 492 g/mol. The molecular weight excluding hydrogens is 458 g/mol. The third-order valence-corrected chi connectivity index (χ3v) is 8.08. The molecule has 3 heterocycles. The Morgan fingerprint density at radius 3 is 2.50 bits per heavy atom. The van der Waals surface area contributed by atoms with Crippen molar-refractivity contribution in [2.75, 3.05) is 38.3 Å². The Hall–Kier alpha value is -3.39. The number of hydrogen-bond acceptors (Lipinski definition) is 5. The van der Waals surface area contributed by atoms with Gasteiger partial charge in [-0.1, -0.05) is 24.3 Å². The maximum Gasteiger partial charge on any atom is 0.257 e. The van der Waals surface area contributed by atoms with Crippen LogP contribution in [0.2, 0.25) is 0 Å². The number of carbonyl (C=O) groups is 3. The van der Waals surface area contributed by atoms with Gasteiger partial charge in [0.2, 0.25) is 11.8 Å². The number of para-hydroxylation sites is 1. The second-order valence-corrected chi connectivity index (χ2v) is 10.1. The number of methoxy groups -OCH3 is 1. The van der Waals surface area contributed by atoms with E-state index in [1.165, 1.54) is 0 Å². The van der Waals surface area contributed by atoms with Crippen LogP contribution in [0.3, 0.4) is 0 Å². The summed E-state index contributed by atoms with van der Waals surface area (Å²) in [5, 5.41) is 3.13. The molecule has 8 nitrogen and oxygen atoms in total. The van der Waals surface area contributed by atoms with Crippen molar-refractivity contribution in [2.24, 2.45) is 0 Å². The molecule has 36 heavy (non-hydrogen) atoms. The molecule has 1 atom stereocenters. The van der Waals surface area contributed by atoms with Crippen LogP contribution < -0.4 is 15.0 Å². The lowest BCUT2D eigenvalue weighted by molar-refractivity contribution is -0.122. The molecule has 3 aliphatic rings. The van der Waals surface area contributed by atoms with Gasteiger partial charge in [0.15, 0.2) is 0 Å². The van der Waals surface area contributed by atoms with Crippen LogP contribution in [0.25, 0.3) is 0 Å². The fourth-order valence-corrected chi connectivity index (χ4v) is 5.89. The summed E-state index contributed by atoms with van der Waals surface area (Å²) < 4.78 is 10.9. The van der Waals surface area contributed by atoms with Crippen LogP contribution in [-0.4, -0.2) is 61.7 Å². The molecule has 190 valence electrons. The first-order chi connectivity index (χ1) is 17.4. The summed E-state index contributed by atoms with van der Waals surface area (Å²) in [6, 6.07) is 15.2. The second kappa shape index (κ2) is 9.58. The highest BCUT2D eigenvalue weighted by Crippen LogP contribution is 2.44. The van der Waals surface area contributed by atoms with Gasteiger partial charge in [-0.15, -0.1) is 0 Å². The summed E-state index contributed by atoms with van der Waals surface area (Å²) in [4.78, 5) is 42.6. The van der Waals surface area contributed by atoms with E-state index in [2.05, 4.69) is 17.4 Å². The molecule has 0 aromatic heterocycles. The first kappa shape index (κ1) is 24.3. The molecule has 2 aromatic rings. The minimum absolute atomic E-state index is 0.00727. The maximum atomic E-state index is 13.4. The van der Waals surface area contributed by atoms with E-state index < -0.39 is 5.66 Å². The van der Waals surface area contributed by atoms with Crippen molar-refractivity contribution < 1.29 is 23.9 Å². The summed E-state index contributed by atoms with van der Waals surface area (Å²) in [5.74, 6) is 0.560. The third-order valence-electron chi connectivity index (χ3n) is 8.08. The molecule has 5 rings (SSSR count). The van der Waals surface area contributed by atoms with Gasteiger partial charge in [-0.25, -0.2) is 0 Å². The van der Waals surface area contributed by atoms with Crippen LogP contribution in [0.1, 0.15) is 54.9 Å². The number of carbonyl (C=O) groups excluding carboxylic acids is 3. The lowest BCUT2D eigenvalue weighted by atomic mass is 9.74. The second-order valence-electron chi connectivity index (χ2n) is 10.1. The number of ether oxygens (including phenoxy) is 2. The van der Waals surface area contributed by atoms with Gasteiger partial charge in [-0.2, -0.15) is 0 Å². The van der Waals surface area contributed by atoms with Gasteiger partial charge in [0.25, 0.3) is 5.91 Å². The van der Waals surface area contributed by atoms with E-state index >= 15 is 0 Å². The molecule has 8 heteroatoms. The highest BCUT2D eigenvalue weighted by atomic mass is 16.5. The molecule has 2 fully saturated rings. The van der Waals surface area contributed by atoms with Crippen LogP contribution in [-0.2, 0) is 19.7 Å². The van der Waals surface area contributed by atoms with E-state index in [-0.39, 0.29) is 36.1 Å². The summed E-state index contributed by atoms with van der Waals surface area (Å²) in [7, 11) is 1.65. The van der Waals surface area contributed by atoms with Gasteiger partial charge in [0.1, 0.15) is 11.4 Å². The largest absolute Gasteiger partial charge is 0.497 e. The predicted octanol–water partition coefficient (Wildman–Crippen LogP) is 3.25. The SMILES string of the molecule is COc1ccc(C2(CNC(=O)CCN3C(=O)c4ccccc4N4C(=O)CCC34C)CCOCC2)cc1. The van der Waals surface area contributed by atoms with Gasteiger partial charge in [-0.05, 0) is 56.0 Å².